The van der Waals surface area contributed by atoms with Gasteiger partial charge < -0.3 is 24.8 Å². The smallest absolute Gasteiger partial charge is 0.263 e. The number of halogens is 2. The molecule has 1 unspecified atom stereocenters. The molecule has 4 aromatic rings. The van der Waals surface area contributed by atoms with E-state index in [0.717, 1.165) is 34.5 Å². The van der Waals surface area contributed by atoms with Crippen molar-refractivity contribution < 1.29 is 28.5 Å². The van der Waals surface area contributed by atoms with Gasteiger partial charge >= 0.3 is 0 Å². The molecule has 0 spiro atoms. The summed E-state index contributed by atoms with van der Waals surface area (Å²) in [6.45, 7) is -0.538. The lowest BCUT2D eigenvalue weighted by molar-refractivity contribution is 0.0536. The number of aliphatic hydroxyl groups is 2. The van der Waals surface area contributed by atoms with Crippen LogP contribution in [0.2, 0.25) is 0 Å². The number of fused-ring (bicyclic) bond motifs is 1. The standard InChI is InChI=1S/C31H27F2N3O5/c32-27-7-5-19(13-28(27)33)16-36-10-2-4-26(31(36)40)30(39)35-15-20-11-21(14-23(12-20)41-18-22(38)17-37)24-6-8-29-25(24)3-1-9-34-29/h1-7,9-14,22,37-38H,8,15-18H2,(H,35,39). The molecule has 1 atom stereocenters. The second kappa shape index (κ2) is 12.2. The first-order valence-electron chi connectivity index (χ1n) is 12.9. The van der Waals surface area contributed by atoms with Crippen LogP contribution in [0.25, 0.3) is 5.57 Å². The monoisotopic (exact) mass is 559 g/mol. The van der Waals surface area contributed by atoms with Crippen LogP contribution in [0.1, 0.15) is 38.3 Å². The zero-order valence-corrected chi connectivity index (χ0v) is 21.9. The van der Waals surface area contributed by atoms with Crippen LogP contribution in [0.4, 0.5) is 8.78 Å². The van der Waals surface area contributed by atoms with E-state index in [2.05, 4.69) is 16.4 Å². The van der Waals surface area contributed by atoms with Gasteiger partial charge in [0.05, 0.1) is 18.8 Å². The summed E-state index contributed by atoms with van der Waals surface area (Å²) in [6.07, 6.45) is 4.89. The summed E-state index contributed by atoms with van der Waals surface area (Å²) in [5, 5.41) is 21.7. The van der Waals surface area contributed by atoms with Gasteiger partial charge in [-0.3, -0.25) is 14.6 Å². The molecule has 2 heterocycles. The second-order valence-corrected chi connectivity index (χ2v) is 9.62. The predicted molar refractivity (Wildman–Crippen MR) is 147 cm³/mol. The average molecular weight is 560 g/mol. The number of hydrogen-bond donors (Lipinski definition) is 3. The zero-order valence-electron chi connectivity index (χ0n) is 21.9. The molecule has 0 saturated carbocycles. The minimum atomic E-state index is -1.05. The molecule has 2 aromatic carbocycles. The Hall–Kier alpha value is -4.67. The first kappa shape index (κ1) is 27.9. The van der Waals surface area contributed by atoms with Gasteiger partial charge in [-0.05, 0) is 70.8 Å². The third kappa shape index (κ3) is 6.40. The number of nitrogens with zero attached hydrogens (tertiary/aromatic N) is 2. The highest BCUT2D eigenvalue weighted by atomic mass is 19.2. The van der Waals surface area contributed by atoms with Crippen LogP contribution >= 0.6 is 0 Å². The lowest BCUT2D eigenvalue weighted by Gasteiger charge is -2.15. The number of aromatic nitrogens is 2. The zero-order chi connectivity index (χ0) is 28.9. The van der Waals surface area contributed by atoms with E-state index in [4.69, 9.17) is 9.84 Å². The number of amides is 1. The molecule has 1 amide bonds. The summed E-state index contributed by atoms with van der Waals surface area (Å²) in [5.74, 6) is -2.17. The average Bonchev–Trinajstić information content (AvgIpc) is 3.42. The fourth-order valence-electron chi connectivity index (χ4n) is 4.62. The highest BCUT2D eigenvalue weighted by molar-refractivity contribution is 5.93. The van der Waals surface area contributed by atoms with Crippen molar-refractivity contribution in [3.05, 3.63) is 135 Å². The Morgan fingerprint density at radius 1 is 1.07 bits per heavy atom. The van der Waals surface area contributed by atoms with E-state index < -0.39 is 35.8 Å². The van der Waals surface area contributed by atoms with Crippen LogP contribution in [0.15, 0.2) is 83.9 Å². The molecule has 210 valence electrons. The fourth-order valence-corrected chi connectivity index (χ4v) is 4.62. The lowest BCUT2D eigenvalue weighted by Crippen LogP contribution is -2.32. The molecule has 1 aliphatic carbocycles. The van der Waals surface area contributed by atoms with E-state index in [0.29, 0.717) is 23.3 Å². The quantitative estimate of drug-likeness (QED) is 0.275. The molecular formula is C31H27F2N3O5. The molecule has 3 N–H and O–H groups in total. The predicted octanol–water partition coefficient (Wildman–Crippen LogP) is 3.22. The van der Waals surface area contributed by atoms with E-state index in [1.54, 1.807) is 12.3 Å². The second-order valence-electron chi connectivity index (χ2n) is 9.62. The molecule has 0 saturated heterocycles. The van der Waals surface area contributed by atoms with Crippen LogP contribution in [-0.4, -0.2) is 45.0 Å². The molecule has 1 aliphatic rings. The Kier molecular flexibility index (Phi) is 8.32. The minimum Gasteiger partial charge on any atom is -0.491 e. The molecule has 0 fully saturated rings. The number of allylic oxidation sites excluding steroid dienone is 1. The number of pyridine rings is 2. The maximum atomic E-state index is 13.6. The Bertz CT molecular complexity index is 1680. The Labute approximate surface area is 234 Å². The van der Waals surface area contributed by atoms with Crippen molar-refractivity contribution in [2.24, 2.45) is 0 Å². The van der Waals surface area contributed by atoms with Gasteiger partial charge in [0.15, 0.2) is 11.6 Å². The van der Waals surface area contributed by atoms with Crippen molar-refractivity contribution in [2.45, 2.75) is 25.6 Å². The maximum absolute atomic E-state index is 13.6. The molecule has 0 radical (unpaired) electrons. The SMILES string of the molecule is O=C(NCc1cc(OCC(O)CO)cc(C2=CCc3ncccc32)c1)c1cccn(Cc2ccc(F)c(F)c2)c1=O. The van der Waals surface area contributed by atoms with Gasteiger partial charge in [-0.15, -0.1) is 0 Å². The highest BCUT2D eigenvalue weighted by Gasteiger charge is 2.19. The van der Waals surface area contributed by atoms with E-state index in [1.165, 1.54) is 29.0 Å². The van der Waals surface area contributed by atoms with Crippen molar-refractivity contribution in [3.8, 4) is 5.75 Å². The van der Waals surface area contributed by atoms with Crippen molar-refractivity contribution in [1.29, 1.82) is 0 Å². The minimum absolute atomic E-state index is 0.0367. The summed E-state index contributed by atoms with van der Waals surface area (Å²) >= 11 is 0. The van der Waals surface area contributed by atoms with Crippen LogP contribution in [-0.2, 0) is 19.5 Å². The largest absolute Gasteiger partial charge is 0.491 e. The molecule has 41 heavy (non-hydrogen) atoms. The molecular weight excluding hydrogens is 532 g/mol. The molecule has 0 bridgehead atoms. The van der Waals surface area contributed by atoms with Gasteiger partial charge in [-0.2, -0.15) is 0 Å². The van der Waals surface area contributed by atoms with E-state index in [1.807, 2.05) is 24.3 Å². The number of aliphatic hydroxyl groups excluding tert-OH is 2. The highest BCUT2D eigenvalue weighted by Crippen LogP contribution is 2.34. The van der Waals surface area contributed by atoms with Gasteiger partial charge in [-0.25, -0.2) is 8.78 Å². The molecule has 2 aromatic heterocycles. The summed E-state index contributed by atoms with van der Waals surface area (Å²) in [7, 11) is 0. The van der Waals surface area contributed by atoms with Crippen molar-refractivity contribution in [1.82, 2.24) is 14.9 Å². The molecule has 0 aliphatic heterocycles. The van der Waals surface area contributed by atoms with Crippen LogP contribution in [0.5, 0.6) is 5.75 Å². The summed E-state index contributed by atoms with van der Waals surface area (Å²) in [5.41, 5.74) is 4.09. The topological polar surface area (TPSA) is 114 Å². The third-order valence-corrected chi connectivity index (χ3v) is 6.67. The van der Waals surface area contributed by atoms with E-state index in [9.17, 15) is 23.5 Å². The van der Waals surface area contributed by atoms with Crippen molar-refractivity contribution in [2.75, 3.05) is 13.2 Å². The van der Waals surface area contributed by atoms with Gasteiger partial charge in [0.2, 0.25) is 0 Å². The first-order chi connectivity index (χ1) is 19.8. The van der Waals surface area contributed by atoms with Crippen molar-refractivity contribution in [3.63, 3.8) is 0 Å². The number of benzene rings is 2. The van der Waals surface area contributed by atoms with Crippen LogP contribution in [0.3, 0.4) is 0 Å². The van der Waals surface area contributed by atoms with Crippen molar-refractivity contribution >= 4 is 11.5 Å². The van der Waals surface area contributed by atoms with Gasteiger partial charge in [0.25, 0.3) is 11.5 Å². The van der Waals surface area contributed by atoms with E-state index in [-0.39, 0.29) is 25.3 Å². The number of nitrogens with one attached hydrogen (secondary N) is 1. The lowest BCUT2D eigenvalue weighted by atomic mass is 9.98. The van der Waals surface area contributed by atoms with Gasteiger partial charge in [-0.1, -0.05) is 18.2 Å². The van der Waals surface area contributed by atoms with Crippen LogP contribution in [0, 0.1) is 11.6 Å². The fraction of sp³-hybridized carbons (Fsp3) is 0.194. The number of ether oxygens (including phenoxy) is 1. The Morgan fingerprint density at radius 3 is 2.73 bits per heavy atom. The van der Waals surface area contributed by atoms with Gasteiger partial charge in [0.1, 0.15) is 24.0 Å². The first-order valence-corrected chi connectivity index (χ1v) is 12.9. The maximum Gasteiger partial charge on any atom is 0.263 e. The van der Waals surface area contributed by atoms with Crippen LogP contribution < -0.4 is 15.6 Å². The summed E-state index contributed by atoms with van der Waals surface area (Å²) in [4.78, 5) is 30.5. The number of hydrogen-bond acceptors (Lipinski definition) is 6. The normalized spacial score (nSPS) is 12.9. The third-order valence-electron chi connectivity index (χ3n) is 6.67. The molecule has 8 nitrogen and oxygen atoms in total. The summed E-state index contributed by atoms with van der Waals surface area (Å²) < 4.78 is 33.9. The Morgan fingerprint density at radius 2 is 1.93 bits per heavy atom. The van der Waals surface area contributed by atoms with Gasteiger partial charge in [0, 0.05) is 30.9 Å². The Balaban J connectivity index is 1.36. The molecule has 5 rings (SSSR count). The van der Waals surface area contributed by atoms with E-state index >= 15 is 0 Å². The molecule has 10 heteroatoms. The number of carbonyl (C=O) groups is 1. The number of rotatable bonds is 10. The summed E-state index contributed by atoms with van der Waals surface area (Å²) in [6, 6.07) is 15.6. The number of carbonyl (C=O) groups excluding carboxylic acids is 1.